The maximum atomic E-state index is 13.3. The Morgan fingerprint density at radius 3 is 2.75 bits per heavy atom. The molecule has 0 amide bonds. The summed E-state index contributed by atoms with van der Waals surface area (Å²) in [5, 5.41) is 3.49. The Balaban J connectivity index is 0.00000147. The van der Waals surface area contributed by atoms with Crippen molar-refractivity contribution in [1.82, 2.24) is 10.2 Å². The molecule has 0 bridgehead atoms. The van der Waals surface area contributed by atoms with Crippen molar-refractivity contribution in [3.8, 4) is 0 Å². The summed E-state index contributed by atoms with van der Waals surface area (Å²) in [5.74, 6) is 0.649. The summed E-state index contributed by atoms with van der Waals surface area (Å²) in [6.45, 7) is 4.38. The number of piperidine rings is 1. The minimum absolute atomic E-state index is 0. The van der Waals surface area contributed by atoms with Crippen molar-refractivity contribution in [1.29, 1.82) is 0 Å². The molecule has 1 saturated carbocycles. The van der Waals surface area contributed by atoms with Crippen LogP contribution in [0.5, 0.6) is 0 Å². The van der Waals surface area contributed by atoms with Gasteiger partial charge in [0.15, 0.2) is 0 Å². The molecule has 1 aromatic rings. The van der Waals surface area contributed by atoms with E-state index in [1.165, 1.54) is 38.3 Å². The molecule has 2 nitrogen and oxygen atoms in total. The zero-order valence-corrected chi connectivity index (χ0v) is 12.7. The molecule has 0 radical (unpaired) electrons. The normalized spacial score (nSPS) is 22.6. The van der Waals surface area contributed by atoms with Gasteiger partial charge in [-0.1, -0.05) is 12.1 Å². The first kappa shape index (κ1) is 15.7. The lowest BCUT2D eigenvalue weighted by Gasteiger charge is -2.30. The van der Waals surface area contributed by atoms with Gasteiger partial charge in [0.2, 0.25) is 0 Å². The third-order valence-electron chi connectivity index (χ3n) is 4.23. The summed E-state index contributed by atoms with van der Waals surface area (Å²) < 4.78 is 13.3. The van der Waals surface area contributed by atoms with E-state index >= 15 is 0 Å². The molecule has 1 aliphatic heterocycles. The second-order valence-corrected chi connectivity index (χ2v) is 6.00. The quantitative estimate of drug-likeness (QED) is 0.898. The van der Waals surface area contributed by atoms with Gasteiger partial charge in [0.05, 0.1) is 0 Å². The first-order chi connectivity index (χ1) is 9.31. The van der Waals surface area contributed by atoms with E-state index in [-0.39, 0.29) is 18.2 Å². The Bertz CT molecular complexity index is 417. The van der Waals surface area contributed by atoms with E-state index in [9.17, 15) is 4.39 Å². The Labute approximate surface area is 127 Å². The number of nitrogens with one attached hydrogen (secondary N) is 1. The number of hydrogen-bond acceptors (Lipinski definition) is 2. The SMILES string of the molecule is Cl.Fc1cccc(CN(CC2CCCNC2)C2CC2)c1. The van der Waals surface area contributed by atoms with Crippen LogP contribution in [0.4, 0.5) is 4.39 Å². The first-order valence-corrected chi connectivity index (χ1v) is 7.50. The molecule has 1 atom stereocenters. The highest BCUT2D eigenvalue weighted by molar-refractivity contribution is 5.85. The zero-order chi connectivity index (χ0) is 13.1. The summed E-state index contributed by atoms with van der Waals surface area (Å²) in [7, 11) is 0. The van der Waals surface area contributed by atoms with Gasteiger partial charge in [-0.3, -0.25) is 4.90 Å². The maximum absolute atomic E-state index is 13.3. The zero-order valence-electron chi connectivity index (χ0n) is 11.9. The number of benzene rings is 1. The van der Waals surface area contributed by atoms with Gasteiger partial charge in [0, 0.05) is 19.1 Å². The third kappa shape index (κ3) is 4.44. The lowest BCUT2D eigenvalue weighted by atomic mass is 9.98. The van der Waals surface area contributed by atoms with Crippen LogP contribution >= 0.6 is 12.4 Å². The van der Waals surface area contributed by atoms with Crippen LogP contribution in [0, 0.1) is 11.7 Å². The lowest BCUT2D eigenvalue weighted by molar-refractivity contribution is 0.192. The summed E-state index contributed by atoms with van der Waals surface area (Å²) in [6, 6.07) is 7.80. The summed E-state index contributed by atoms with van der Waals surface area (Å²) >= 11 is 0. The fourth-order valence-corrected chi connectivity index (χ4v) is 3.06. The predicted molar refractivity (Wildman–Crippen MR) is 82.7 cm³/mol. The number of halogens is 2. The highest BCUT2D eigenvalue weighted by Crippen LogP contribution is 2.30. The summed E-state index contributed by atoms with van der Waals surface area (Å²) in [6.07, 6.45) is 5.26. The van der Waals surface area contributed by atoms with Gasteiger partial charge in [0.25, 0.3) is 0 Å². The molecule has 112 valence electrons. The summed E-state index contributed by atoms with van der Waals surface area (Å²) in [4.78, 5) is 2.56. The van der Waals surface area contributed by atoms with Crippen LogP contribution in [0.25, 0.3) is 0 Å². The van der Waals surface area contributed by atoms with E-state index < -0.39 is 0 Å². The topological polar surface area (TPSA) is 15.3 Å². The van der Waals surface area contributed by atoms with Crippen LogP contribution in [0.1, 0.15) is 31.2 Å². The largest absolute Gasteiger partial charge is 0.316 e. The van der Waals surface area contributed by atoms with Gasteiger partial charge in [-0.15, -0.1) is 12.4 Å². The number of nitrogens with zero attached hydrogens (tertiary/aromatic N) is 1. The van der Waals surface area contributed by atoms with Crippen molar-refractivity contribution >= 4 is 12.4 Å². The monoisotopic (exact) mass is 298 g/mol. The van der Waals surface area contributed by atoms with Crippen molar-refractivity contribution in [3.63, 3.8) is 0 Å². The van der Waals surface area contributed by atoms with E-state index in [0.717, 1.165) is 37.2 Å². The van der Waals surface area contributed by atoms with Gasteiger partial charge in [0.1, 0.15) is 5.82 Å². The minimum atomic E-state index is -0.118. The molecule has 1 heterocycles. The predicted octanol–water partition coefficient (Wildman–Crippen LogP) is 3.21. The Kier molecular flexibility index (Phi) is 5.82. The van der Waals surface area contributed by atoms with Gasteiger partial charge in [-0.2, -0.15) is 0 Å². The molecule has 1 aliphatic carbocycles. The van der Waals surface area contributed by atoms with Crippen molar-refractivity contribution < 1.29 is 4.39 Å². The van der Waals surface area contributed by atoms with E-state index in [1.54, 1.807) is 6.07 Å². The Hall–Kier alpha value is -0.640. The highest BCUT2D eigenvalue weighted by Gasteiger charge is 2.30. The van der Waals surface area contributed by atoms with Crippen LogP contribution in [-0.2, 0) is 6.54 Å². The summed E-state index contributed by atoms with van der Waals surface area (Å²) in [5.41, 5.74) is 1.11. The fraction of sp³-hybridized carbons (Fsp3) is 0.625. The molecule has 20 heavy (non-hydrogen) atoms. The molecule has 4 heteroatoms. The molecule has 2 fully saturated rings. The molecule has 1 unspecified atom stereocenters. The minimum Gasteiger partial charge on any atom is -0.316 e. The van der Waals surface area contributed by atoms with Crippen LogP contribution in [-0.4, -0.2) is 30.6 Å². The van der Waals surface area contributed by atoms with Crippen LogP contribution in [0.2, 0.25) is 0 Å². The highest BCUT2D eigenvalue weighted by atomic mass is 35.5. The van der Waals surface area contributed by atoms with Crippen molar-refractivity contribution in [2.75, 3.05) is 19.6 Å². The van der Waals surface area contributed by atoms with Gasteiger partial charge < -0.3 is 5.32 Å². The second-order valence-electron chi connectivity index (χ2n) is 6.00. The molecule has 3 rings (SSSR count). The average Bonchev–Trinajstić information content (AvgIpc) is 3.23. The van der Waals surface area contributed by atoms with Gasteiger partial charge >= 0.3 is 0 Å². The molecular formula is C16H24ClFN2. The van der Waals surface area contributed by atoms with E-state index in [0.29, 0.717) is 0 Å². The van der Waals surface area contributed by atoms with Gasteiger partial charge in [-0.25, -0.2) is 4.39 Å². The molecule has 1 aromatic carbocycles. The van der Waals surface area contributed by atoms with Crippen LogP contribution in [0.15, 0.2) is 24.3 Å². The molecule has 0 aromatic heterocycles. The maximum Gasteiger partial charge on any atom is 0.123 e. The first-order valence-electron chi connectivity index (χ1n) is 7.50. The molecule has 0 spiro atoms. The van der Waals surface area contributed by atoms with E-state index in [2.05, 4.69) is 10.2 Å². The van der Waals surface area contributed by atoms with Crippen molar-refractivity contribution in [2.24, 2.45) is 5.92 Å². The fourth-order valence-electron chi connectivity index (χ4n) is 3.06. The number of rotatable bonds is 5. The van der Waals surface area contributed by atoms with E-state index in [4.69, 9.17) is 0 Å². The number of hydrogen-bond donors (Lipinski definition) is 1. The Morgan fingerprint density at radius 2 is 2.10 bits per heavy atom. The molecule has 1 saturated heterocycles. The van der Waals surface area contributed by atoms with Gasteiger partial charge in [-0.05, 0) is 62.4 Å². The Morgan fingerprint density at radius 1 is 1.25 bits per heavy atom. The third-order valence-corrected chi connectivity index (χ3v) is 4.23. The molecule has 2 aliphatic rings. The molecule has 1 N–H and O–H groups in total. The molecular weight excluding hydrogens is 275 g/mol. The van der Waals surface area contributed by atoms with Crippen molar-refractivity contribution in [2.45, 2.75) is 38.3 Å². The van der Waals surface area contributed by atoms with E-state index in [1.807, 2.05) is 12.1 Å². The van der Waals surface area contributed by atoms with Crippen LogP contribution in [0.3, 0.4) is 0 Å². The lowest BCUT2D eigenvalue weighted by Crippen LogP contribution is -2.39. The smallest absolute Gasteiger partial charge is 0.123 e. The average molecular weight is 299 g/mol. The van der Waals surface area contributed by atoms with Crippen LogP contribution < -0.4 is 5.32 Å². The standard InChI is InChI=1S/C16H23FN2.ClH/c17-15-5-1-3-13(9-15)11-19(16-6-7-16)12-14-4-2-8-18-10-14;/h1,3,5,9,14,16,18H,2,4,6-8,10-12H2;1H. The van der Waals surface area contributed by atoms with Crippen molar-refractivity contribution in [3.05, 3.63) is 35.6 Å². The second kappa shape index (κ2) is 7.39.